The number of pyridine rings is 3. The number of hydrogen-bond acceptors (Lipinski definition) is 6. The Morgan fingerprint density at radius 1 is 1.39 bits per heavy atom. The topological polar surface area (TPSA) is 100 Å². The predicted molar refractivity (Wildman–Crippen MR) is 123 cm³/mol. The van der Waals surface area contributed by atoms with Crippen LogP contribution in [0.5, 0.6) is 0 Å². The summed E-state index contributed by atoms with van der Waals surface area (Å²) in [6.07, 6.45) is -2.57. The molecule has 3 aromatic heterocycles. The fourth-order valence-electron chi connectivity index (χ4n) is 4.56. The molecule has 0 spiro atoms. The van der Waals surface area contributed by atoms with Gasteiger partial charge in [-0.05, 0) is 31.0 Å². The van der Waals surface area contributed by atoms with E-state index in [0.29, 0.717) is 25.3 Å². The van der Waals surface area contributed by atoms with E-state index >= 15 is 0 Å². The van der Waals surface area contributed by atoms with E-state index in [4.69, 9.17) is 11.6 Å². The first-order valence-electron chi connectivity index (χ1n) is 11.1. The summed E-state index contributed by atoms with van der Waals surface area (Å²) in [6, 6.07) is 1.75. The molecule has 3 atom stereocenters. The summed E-state index contributed by atoms with van der Waals surface area (Å²) >= 11 is 6.19. The van der Waals surface area contributed by atoms with Gasteiger partial charge in [0.2, 0.25) is 5.43 Å². The van der Waals surface area contributed by atoms with Crippen molar-refractivity contribution in [2.75, 3.05) is 18.0 Å². The summed E-state index contributed by atoms with van der Waals surface area (Å²) in [4.78, 5) is 36.3. The van der Waals surface area contributed by atoms with E-state index in [-0.39, 0.29) is 27.8 Å². The number of amides is 1. The Balaban J connectivity index is 1.65. The van der Waals surface area contributed by atoms with Crippen molar-refractivity contribution in [2.24, 2.45) is 5.92 Å². The van der Waals surface area contributed by atoms with Crippen LogP contribution in [0.4, 0.5) is 23.4 Å². The summed E-state index contributed by atoms with van der Waals surface area (Å²) in [5.74, 6) is -1.48. The van der Waals surface area contributed by atoms with Gasteiger partial charge in [0.15, 0.2) is 11.5 Å². The fraction of sp³-hybridized carbons (Fsp3) is 0.391. The van der Waals surface area contributed by atoms with E-state index in [9.17, 15) is 32.3 Å². The van der Waals surface area contributed by atoms with E-state index < -0.39 is 47.0 Å². The second kappa shape index (κ2) is 8.41. The lowest BCUT2D eigenvalue weighted by Gasteiger charge is -2.22. The maximum Gasteiger partial charge on any atom is 0.408 e. The number of fused-ring (bicyclic) bond motifs is 2. The molecule has 0 bridgehead atoms. The van der Waals surface area contributed by atoms with Crippen molar-refractivity contribution < 1.29 is 27.5 Å². The van der Waals surface area contributed by atoms with Crippen molar-refractivity contribution in [3.8, 4) is 5.82 Å². The molecule has 13 heteroatoms. The van der Waals surface area contributed by atoms with Gasteiger partial charge < -0.3 is 15.3 Å². The number of carbonyl (C=O) groups is 1. The van der Waals surface area contributed by atoms with Crippen LogP contribution in [0, 0.1) is 11.7 Å². The second-order valence-electron chi connectivity index (χ2n) is 9.10. The van der Waals surface area contributed by atoms with Crippen LogP contribution in [0.25, 0.3) is 16.9 Å². The minimum Gasteiger partial charge on any atom is -0.388 e. The molecule has 8 nitrogen and oxygen atoms in total. The minimum atomic E-state index is -4.71. The van der Waals surface area contributed by atoms with Gasteiger partial charge in [-0.2, -0.15) is 13.2 Å². The Kier molecular flexibility index (Phi) is 5.71. The molecule has 2 aliphatic rings. The van der Waals surface area contributed by atoms with E-state index in [1.54, 1.807) is 0 Å². The standard InChI is InChI=1S/C23H20ClF4N5O3/c1-2-16(23(26,27)28)30-21(35)14-9-33(20-15(24)5-12(25)7-29-20)19-13(18(14)34)3-4-17(31-19)32-8-11-6-22(11,36)10-32/h3-5,7,9,11,16,36H,2,6,8,10H2,1H3,(H,30,35). The molecule has 0 radical (unpaired) electrons. The molecule has 0 aromatic carbocycles. The number of alkyl halides is 3. The quantitative estimate of drug-likeness (QED) is 0.496. The third-order valence-electron chi connectivity index (χ3n) is 6.64. The zero-order valence-corrected chi connectivity index (χ0v) is 19.6. The van der Waals surface area contributed by atoms with Crippen LogP contribution < -0.4 is 15.6 Å². The highest BCUT2D eigenvalue weighted by Gasteiger charge is 2.59. The largest absolute Gasteiger partial charge is 0.408 e. The van der Waals surface area contributed by atoms with Crippen LogP contribution in [0.2, 0.25) is 5.02 Å². The SMILES string of the molecule is CCC(NC(=O)c1cn(-c2ncc(F)cc2Cl)c2nc(N3CC4CC4(O)C3)ccc2c1=O)C(F)(F)F. The predicted octanol–water partition coefficient (Wildman–Crippen LogP) is 3.21. The van der Waals surface area contributed by atoms with Crippen LogP contribution in [-0.4, -0.2) is 56.5 Å². The summed E-state index contributed by atoms with van der Waals surface area (Å²) in [6.45, 7) is 2.17. The third-order valence-corrected chi connectivity index (χ3v) is 6.91. The van der Waals surface area contributed by atoms with Crippen molar-refractivity contribution in [2.45, 2.75) is 37.6 Å². The molecular weight excluding hydrogens is 506 g/mol. The molecule has 1 amide bonds. The van der Waals surface area contributed by atoms with Crippen LogP contribution in [0.3, 0.4) is 0 Å². The van der Waals surface area contributed by atoms with Crippen LogP contribution in [-0.2, 0) is 0 Å². The van der Waals surface area contributed by atoms with E-state index in [2.05, 4.69) is 9.97 Å². The molecule has 2 fully saturated rings. The average molecular weight is 526 g/mol. The van der Waals surface area contributed by atoms with Crippen molar-refractivity contribution in [1.29, 1.82) is 0 Å². The first-order chi connectivity index (χ1) is 16.9. The number of aromatic nitrogens is 3. The Bertz CT molecular complexity index is 1450. The van der Waals surface area contributed by atoms with Gasteiger partial charge >= 0.3 is 6.18 Å². The lowest BCUT2D eigenvalue weighted by molar-refractivity contribution is -0.153. The van der Waals surface area contributed by atoms with Gasteiger partial charge in [-0.1, -0.05) is 18.5 Å². The van der Waals surface area contributed by atoms with Gasteiger partial charge in [-0.3, -0.25) is 14.2 Å². The van der Waals surface area contributed by atoms with Crippen LogP contribution >= 0.6 is 11.6 Å². The molecule has 2 N–H and O–H groups in total. The molecule has 190 valence electrons. The molecule has 3 unspecified atom stereocenters. The number of piperidine rings is 1. The molecule has 1 aliphatic carbocycles. The Labute approximate surface area is 206 Å². The minimum absolute atomic E-state index is 0.0190. The molecule has 1 saturated heterocycles. The van der Waals surface area contributed by atoms with Crippen LogP contribution in [0.1, 0.15) is 30.1 Å². The maximum atomic E-state index is 13.7. The number of nitrogens with zero attached hydrogens (tertiary/aromatic N) is 4. The molecule has 1 aliphatic heterocycles. The third kappa shape index (κ3) is 4.17. The summed E-state index contributed by atoms with van der Waals surface area (Å²) in [7, 11) is 0. The maximum absolute atomic E-state index is 13.7. The monoisotopic (exact) mass is 525 g/mol. The molecular formula is C23H20ClF4N5O3. The number of rotatable bonds is 5. The number of aliphatic hydroxyl groups is 1. The molecule has 3 aromatic rings. The number of anilines is 1. The van der Waals surface area contributed by atoms with Gasteiger partial charge in [0.25, 0.3) is 5.91 Å². The number of halogens is 5. The lowest BCUT2D eigenvalue weighted by atomic mass is 10.1. The highest BCUT2D eigenvalue weighted by atomic mass is 35.5. The van der Waals surface area contributed by atoms with E-state index in [0.717, 1.165) is 18.5 Å². The summed E-state index contributed by atoms with van der Waals surface area (Å²) in [5.41, 5.74) is -2.17. The summed E-state index contributed by atoms with van der Waals surface area (Å²) < 4.78 is 54.6. The van der Waals surface area contributed by atoms with Gasteiger partial charge in [-0.15, -0.1) is 0 Å². The Morgan fingerprint density at radius 3 is 2.75 bits per heavy atom. The Morgan fingerprint density at radius 2 is 2.14 bits per heavy atom. The van der Waals surface area contributed by atoms with Crippen molar-refractivity contribution in [1.82, 2.24) is 19.9 Å². The molecule has 36 heavy (non-hydrogen) atoms. The van der Waals surface area contributed by atoms with Crippen LogP contribution in [0.15, 0.2) is 35.4 Å². The van der Waals surface area contributed by atoms with Gasteiger partial charge in [0, 0.05) is 25.2 Å². The smallest absolute Gasteiger partial charge is 0.388 e. The second-order valence-corrected chi connectivity index (χ2v) is 9.51. The normalized spacial score (nSPS) is 22.0. The van der Waals surface area contributed by atoms with E-state index in [1.165, 1.54) is 23.6 Å². The van der Waals surface area contributed by atoms with Gasteiger partial charge in [0.05, 0.1) is 22.2 Å². The van der Waals surface area contributed by atoms with Crippen molar-refractivity contribution >= 4 is 34.4 Å². The molecule has 4 heterocycles. The zero-order valence-electron chi connectivity index (χ0n) is 18.8. The molecule has 1 saturated carbocycles. The average Bonchev–Trinajstić information content (AvgIpc) is 3.32. The first-order valence-corrected chi connectivity index (χ1v) is 11.5. The van der Waals surface area contributed by atoms with Gasteiger partial charge in [0.1, 0.15) is 23.2 Å². The summed E-state index contributed by atoms with van der Waals surface area (Å²) in [5, 5.41) is 12.0. The zero-order chi connectivity index (χ0) is 26.0. The fourth-order valence-corrected chi connectivity index (χ4v) is 4.80. The highest BCUT2D eigenvalue weighted by Crippen LogP contribution is 2.50. The molecule has 5 rings (SSSR count). The number of β-amino-alcohol motifs (C(OH)–C–C–N with tert-alkyl or cyclic N) is 1. The highest BCUT2D eigenvalue weighted by molar-refractivity contribution is 6.32. The van der Waals surface area contributed by atoms with Crippen molar-refractivity contribution in [3.05, 3.63) is 57.2 Å². The number of nitrogens with one attached hydrogen (secondary N) is 1. The lowest BCUT2D eigenvalue weighted by Crippen LogP contribution is -2.46. The van der Waals surface area contributed by atoms with Gasteiger partial charge in [-0.25, -0.2) is 14.4 Å². The number of hydrogen-bond donors (Lipinski definition) is 2. The number of carbonyl (C=O) groups excluding carboxylic acids is 1. The van der Waals surface area contributed by atoms with E-state index in [1.807, 2.05) is 10.2 Å². The first kappa shape index (κ1) is 24.4. The Hall–Kier alpha value is -3.25. The van der Waals surface area contributed by atoms with Crippen molar-refractivity contribution in [3.63, 3.8) is 0 Å².